The van der Waals surface area contributed by atoms with Gasteiger partial charge in [-0.2, -0.15) is 0 Å². The van der Waals surface area contributed by atoms with Crippen LogP contribution in [0.1, 0.15) is 26.7 Å². The molecule has 0 radical (unpaired) electrons. The fourth-order valence-electron chi connectivity index (χ4n) is 2.93. The summed E-state index contributed by atoms with van der Waals surface area (Å²) >= 11 is 0. The molecule has 0 aromatic carbocycles. The Kier molecular flexibility index (Phi) is 5.99. The molecule has 2 aliphatic heterocycles. The number of hydrogen-bond donors (Lipinski definition) is 1. The molecule has 2 heterocycles. The van der Waals surface area contributed by atoms with E-state index >= 15 is 0 Å². The van der Waals surface area contributed by atoms with Crippen molar-refractivity contribution in [2.45, 2.75) is 32.7 Å². The summed E-state index contributed by atoms with van der Waals surface area (Å²) in [5.41, 5.74) is 0. The van der Waals surface area contributed by atoms with Crippen molar-refractivity contribution in [1.29, 1.82) is 0 Å². The molecule has 0 saturated carbocycles. The van der Waals surface area contributed by atoms with Gasteiger partial charge in [-0.05, 0) is 26.7 Å². The Morgan fingerprint density at radius 1 is 0.905 bits per heavy atom. The number of piperazine rings is 1. The molecule has 6 heteroatoms. The number of carbonyl (C=O) groups is 2. The molecule has 2 saturated heterocycles. The van der Waals surface area contributed by atoms with Gasteiger partial charge in [0.1, 0.15) is 0 Å². The largest absolute Gasteiger partial charge is 0.353 e. The maximum Gasteiger partial charge on any atom is 0.236 e. The average Bonchev–Trinajstić information content (AvgIpc) is 2.94. The summed E-state index contributed by atoms with van der Waals surface area (Å²) in [5, 5.41) is 2.92. The summed E-state index contributed by atoms with van der Waals surface area (Å²) in [6.07, 6.45) is 2.29. The first-order chi connectivity index (χ1) is 10.0. The van der Waals surface area contributed by atoms with Gasteiger partial charge in [-0.1, -0.05) is 0 Å². The maximum absolute atomic E-state index is 12.1. The van der Waals surface area contributed by atoms with Gasteiger partial charge in [0.2, 0.25) is 11.8 Å². The summed E-state index contributed by atoms with van der Waals surface area (Å²) in [6, 6.07) is 0.192. The zero-order valence-corrected chi connectivity index (χ0v) is 13.3. The van der Waals surface area contributed by atoms with Crippen molar-refractivity contribution in [2.24, 2.45) is 0 Å². The summed E-state index contributed by atoms with van der Waals surface area (Å²) < 4.78 is 0. The predicted octanol–water partition coefficient (Wildman–Crippen LogP) is -0.249. The fraction of sp³-hybridized carbons (Fsp3) is 0.867. The molecule has 6 nitrogen and oxygen atoms in total. The van der Waals surface area contributed by atoms with Crippen LogP contribution in [0, 0.1) is 0 Å². The molecule has 0 aromatic heterocycles. The number of nitrogens with one attached hydrogen (secondary N) is 1. The third-order valence-electron chi connectivity index (χ3n) is 4.10. The summed E-state index contributed by atoms with van der Waals surface area (Å²) in [6.45, 7) is 10.3. The lowest BCUT2D eigenvalue weighted by molar-refractivity contribution is -0.132. The number of rotatable bonds is 5. The molecule has 0 aliphatic carbocycles. The second kappa shape index (κ2) is 7.75. The Balaban J connectivity index is 1.66. The van der Waals surface area contributed by atoms with Crippen molar-refractivity contribution in [3.63, 3.8) is 0 Å². The Labute approximate surface area is 127 Å². The lowest BCUT2D eigenvalue weighted by Crippen LogP contribution is -2.52. The van der Waals surface area contributed by atoms with E-state index in [1.165, 1.54) is 0 Å². The van der Waals surface area contributed by atoms with Crippen molar-refractivity contribution in [3.8, 4) is 0 Å². The van der Waals surface area contributed by atoms with Crippen molar-refractivity contribution in [3.05, 3.63) is 0 Å². The molecule has 0 atom stereocenters. The molecule has 0 bridgehead atoms. The first kappa shape index (κ1) is 16.2. The van der Waals surface area contributed by atoms with E-state index in [9.17, 15) is 9.59 Å². The molecule has 0 aromatic rings. The highest BCUT2D eigenvalue weighted by Gasteiger charge is 2.24. The molecular weight excluding hydrogens is 268 g/mol. The summed E-state index contributed by atoms with van der Waals surface area (Å²) in [5.74, 6) is 0.352. The number of hydrogen-bond acceptors (Lipinski definition) is 4. The van der Waals surface area contributed by atoms with Gasteiger partial charge < -0.3 is 10.2 Å². The fourth-order valence-corrected chi connectivity index (χ4v) is 2.93. The SMILES string of the molecule is CC(C)NC(=O)CN1CCN(CC(=O)N2CCCC2)CC1. The van der Waals surface area contributed by atoms with Gasteiger partial charge in [-0.3, -0.25) is 19.4 Å². The van der Waals surface area contributed by atoms with E-state index in [1.807, 2.05) is 18.7 Å². The zero-order chi connectivity index (χ0) is 15.2. The van der Waals surface area contributed by atoms with Gasteiger partial charge in [-0.15, -0.1) is 0 Å². The predicted molar refractivity (Wildman–Crippen MR) is 82.0 cm³/mol. The number of nitrogens with zero attached hydrogens (tertiary/aromatic N) is 3. The molecule has 2 amide bonds. The summed E-state index contributed by atoms with van der Waals surface area (Å²) in [4.78, 5) is 30.2. The number of carbonyl (C=O) groups excluding carboxylic acids is 2. The maximum atomic E-state index is 12.1. The molecular formula is C15H28N4O2. The van der Waals surface area contributed by atoms with Gasteiger partial charge in [0.05, 0.1) is 13.1 Å². The molecule has 0 unspecified atom stereocenters. The number of amides is 2. The number of likely N-dealkylation sites (tertiary alicyclic amines) is 1. The van der Waals surface area contributed by atoms with E-state index in [1.54, 1.807) is 0 Å². The van der Waals surface area contributed by atoms with Crippen LogP contribution < -0.4 is 5.32 Å². The van der Waals surface area contributed by atoms with Crippen LogP contribution in [0.4, 0.5) is 0 Å². The van der Waals surface area contributed by atoms with Crippen LogP contribution >= 0.6 is 0 Å². The van der Waals surface area contributed by atoms with Crippen LogP contribution in [0.5, 0.6) is 0 Å². The zero-order valence-electron chi connectivity index (χ0n) is 13.3. The van der Waals surface area contributed by atoms with Crippen molar-refractivity contribution in [1.82, 2.24) is 20.0 Å². The van der Waals surface area contributed by atoms with Gasteiger partial charge in [0, 0.05) is 45.3 Å². The van der Waals surface area contributed by atoms with Crippen LogP contribution in [0.15, 0.2) is 0 Å². The Hall–Kier alpha value is -1.14. The third kappa shape index (κ3) is 5.28. The standard InChI is InChI=1S/C15H28N4O2/c1-13(2)16-14(20)11-17-7-9-18(10-8-17)12-15(21)19-5-3-4-6-19/h13H,3-12H2,1-2H3,(H,16,20). The van der Waals surface area contributed by atoms with Crippen LogP contribution in [0.3, 0.4) is 0 Å². The van der Waals surface area contributed by atoms with Crippen LogP contribution in [-0.4, -0.2) is 84.9 Å². The van der Waals surface area contributed by atoms with E-state index < -0.39 is 0 Å². The minimum Gasteiger partial charge on any atom is -0.353 e. The van der Waals surface area contributed by atoms with Gasteiger partial charge >= 0.3 is 0 Å². The minimum atomic E-state index is 0.0894. The normalized spacial score (nSPS) is 21.0. The second-order valence-corrected chi connectivity index (χ2v) is 6.36. The van der Waals surface area contributed by atoms with Crippen molar-refractivity contribution in [2.75, 3.05) is 52.4 Å². The average molecular weight is 296 g/mol. The minimum absolute atomic E-state index is 0.0894. The Morgan fingerprint density at radius 3 is 1.95 bits per heavy atom. The van der Waals surface area contributed by atoms with E-state index in [0.29, 0.717) is 13.1 Å². The van der Waals surface area contributed by atoms with E-state index in [4.69, 9.17) is 0 Å². The van der Waals surface area contributed by atoms with Gasteiger partial charge in [0.25, 0.3) is 0 Å². The van der Waals surface area contributed by atoms with Gasteiger partial charge in [0.15, 0.2) is 0 Å². The highest BCUT2D eigenvalue weighted by atomic mass is 16.2. The van der Waals surface area contributed by atoms with Crippen molar-refractivity contribution < 1.29 is 9.59 Å². The first-order valence-corrected chi connectivity index (χ1v) is 8.06. The van der Waals surface area contributed by atoms with Crippen LogP contribution in [0.2, 0.25) is 0 Å². The Bertz CT molecular complexity index is 359. The first-order valence-electron chi connectivity index (χ1n) is 8.06. The highest BCUT2D eigenvalue weighted by Crippen LogP contribution is 2.09. The van der Waals surface area contributed by atoms with Crippen molar-refractivity contribution >= 4 is 11.8 Å². The lowest BCUT2D eigenvalue weighted by atomic mass is 10.3. The third-order valence-corrected chi connectivity index (χ3v) is 4.10. The molecule has 2 fully saturated rings. The smallest absolute Gasteiger partial charge is 0.236 e. The molecule has 120 valence electrons. The molecule has 1 N–H and O–H groups in total. The van der Waals surface area contributed by atoms with Crippen LogP contribution in [-0.2, 0) is 9.59 Å². The molecule has 2 aliphatic rings. The van der Waals surface area contributed by atoms with E-state index in [0.717, 1.165) is 52.1 Å². The highest BCUT2D eigenvalue weighted by molar-refractivity contribution is 5.79. The Morgan fingerprint density at radius 2 is 1.43 bits per heavy atom. The molecule has 0 spiro atoms. The lowest BCUT2D eigenvalue weighted by Gasteiger charge is -2.34. The van der Waals surface area contributed by atoms with Crippen LogP contribution in [0.25, 0.3) is 0 Å². The topological polar surface area (TPSA) is 55.9 Å². The van der Waals surface area contributed by atoms with Gasteiger partial charge in [-0.25, -0.2) is 0 Å². The molecule has 21 heavy (non-hydrogen) atoms. The summed E-state index contributed by atoms with van der Waals surface area (Å²) in [7, 11) is 0. The second-order valence-electron chi connectivity index (χ2n) is 6.36. The van der Waals surface area contributed by atoms with E-state index in [2.05, 4.69) is 15.1 Å². The van der Waals surface area contributed by atoms with E-state index in [-0.39, 0.29) is 17.9 Å². The molecule has 2 rings (SSSR count). The quantitative estimate of drug-likeness (QED) is 0.760. The monoisotopic (exact) mass is 296 g/mol.